The Labute approximate surface area is 133 Å². The van der Waals surface area contributed by atoms with E-state index in [1.807, 2.05) is 18.2 Å². The predicted molar refractivity (Wildman–Crippen MR) is 86.9 cm³/mol. The van der Waals surface area contributed by atoms with E-state index in [1.165, 1.54) is 6.07 Å². The lowest BCUT2D eigenvalue weighted by molar-refractivity contribution is 0.442. The number of hydrogen-bond acceptors (Lipinski definition) is 2. The van der Waals surface area contributed by atoms with Crippen LogP contribution in [-0.4, -0.2) is 11.7 Å². The summed E-state index contributed by atoms with van der Waals surface area (Å²) in [5, 5.41) is 13.4. The van der Waals surface area contributed by atoms with E-state index in [0.717, 1.165) is 35.0 Å². The van der Waals surface area contributed by atoms with E-state index in [4.69, 9.17) is 0 Å². The lowest BCUT2D eigenvalue weighted by Gasteiger charge is -2.19. The first kappa shape index (κ1) is 16.0. The van der Waals surface area contributed by atoms with Crippen LogP contribution in [-0.2, 0) is 6.42 Å². The summed E-state index contributed by atoms with van der Waals surface area (Å²) in [6.45, 7) is 2.80. The molecule has 0 heterocycles. The smallest absolute Gasteiger partial charge is 0.123 e. The van der Waals surface area contributed by atoms with Crippen molar-refractivity contribution in [2.75, 3.05) is 6.54 Å². The number of halogens is 2. The summed E-state index contributed by atoms with van der Waals surface area (Å²) < 4.78 is 14.1. The number of aromatic hydroxyl groups is 1. The molecule has 21 heavy (non-hydrogen) atoms. The number of phenolic OH excluding ortho intramolecular Hbond substituents is 1. The highest BCUT2D eigenvalue weighted by Gasteiger charge is 2.13. The van der Waals surface area contributed by atoms with Crippen LogP contribution in [0.3, 0.4) is 0 Å². The highest BCUT2D eigenvalue weighted by atomic mass is 79.9. The zero-order valence-corrected chi connectivity index (χ0v) is 13.5. The fourth-order valence-electron chi connectivity index (χ4n) is 2.36. The first-order valence-corrected chi connectivity index (χ1v) is 7.85. The maximum atomic E-state index is 13.1. The van der Waals surface area contributed by atoms with Gasteiger partial charge in [0.15, 0.2) is 0 Å². The quantitative estimate of drug-likeness (QED) is 0.798. The molecule has 2 nitrogen and oxygen atoms in total. The summed E-state index contributed by atoms with van der Waals surface area (Å²) in [6, 6.07) is 12.2. The third kappa shape index (κ3) is 4.55. The van der Waals surface area contributed by atoms with Crippen molar-refractivity contribution in [1.29, 1.82) is 0 Å². The van der Waals surface area contributed by atoms with Crippen LogP contribution in [0, 0.1) is 5.82 Å². The number of nitrogens with one attached hydrogen (secondary N) is 1. The number of benzene rings is 2. The third-order valence-electron chi connectivity index (χ3n) is 3.47. The molecule has 4 heteroatoms. The van der Waals surface area contributed by atoms with E-state index in [-0.39, 0.29) is 11.9 Å². The fraction of sp³-hybridized carbons (Fsp3) is 0.294. The van der Waals surface area contributed by atoms with Gasteiger partial charge in [-0.05, 0) is 55.3 Å². The zero-order valence-electron chi connectivity index (χ0n) is 11.9. The Morgan fingerprint density at radius 1 is 1.24 bits per heavy atom. The minimum absolute atomic E-state index is 0.0797. The summed E-state index contributed by atoms with van der Waals surface area (Å²) in [6.07, 6.45) is 1.62. The maximum Gasteiger partial charge on any atom is 0.123 e. The van der Waals surface area contributed by atoms with Crippen molar-refractivity contribution in [3.05, 3.63) is 63.9 Å². The topological polar surface area (TPSA) is 32.3 Å². The van der Waals surface area contributed by atoms with Crippen LogP contribution in [0.1, 0.15) is 30.5 Å². The van der Waals surface area contributed by atoms with Crippen molar-refractivity contribution in [1.82, 2.24) is 5.32 Å². The molecule has 0 spiro atoms. The third-order valence-corrected chi connectivity index (χ3v) is 3.96. The Kier molecular flexibility index (Phi) is 5.76. The van der Waals surface area contributed by atoms with Crippen molar-refractivity contribution >= 4 is 15.9 Å². The van der Waals surface area contributed by atoms with Crippen molar-refractivity contribution in [3.63, 3.8) is 0 Å². The lowest BCUT2D eigenvalue weighted by Crippen LogP contribution is -2.23. The molecule has 1 unspecified atom stereocenters. The molecule has 0 aliphatic rings. The molecular formula is C17H19BrFNO. The van der Waals surface area contributed by atoms with Gasteiger partial charge in [-0.25, -0.2) is 4.39 Å². The van der Waals surface area contributed by atoms with E-state index in [2.05, 4.69) is 28.2 Å². The molecule has 1 atom stereocenters. The standard InChI is InChI=1S/C17H19BrFNO/c1-2-16(15-11-13(18)6-7-17(15)21)20-9-8-12-4-3-5-14(19)10-12/h3-7,10-11,16,20-21H,2,8-9H2,1H3. The summed E-state index contributed by atoms with van der Waals surface area (Å²) in [4.78, 5) is 0. The molecule has 112 valence electrons. The van der Waals surface area contributed by atoms with Gasteiger partial charge < -0.3 is 10.4 Å². The molecule has 2 N–H and O–H groups in total. The molecule has 0 bridgehead atoms. The molecule has 0 fully saturated rings. The van der Waals surface area contributed by atoms with Crippen molar-refractivity contribution in [3.8, 4) is 5.75 Å². The number of phenols is 1. The first-order chi connectivity index (χ1) is 10.1. The second-order valence-corrected chi connectivity index (χ2v) is 5.91. The van der Waals surface area contributed by atoms with E-state index in [9.17, 15) is 9.50 Å². The molecule has 0 aliphatic carbocycles. The largest absolute Gasteiger partial charge is 0.508 e. The van der Waals surface area contributed by atoms with Gasteiger partial charge in [0.1, 0.15) is 11.6 Å². The zero-order chi connectivity index (χ0) is 15.2. The second-order valence-electron chi connectivity index (χ2n) is 5.00. The van der Waals surface area contributed by atoms with Gasteiger partial charge >= 0.3 is 0 Å². The number of rotatable bonds is 6. The van der Waals surface area contributed by atoms with Crippen molar-refractivity contribution < 1.29 is 9.50 Å². The molecule has 0 radical (unpaired) electrons. The normalized spacial score (nSPS) is 12.3. The van der Waals surface area contributed by atoms with Gasteiger partial charge in [-0.1, -0.05) is 35.0 Å². The van der Waals surface area contributed by atoms with Crippen molar-refractivity contribution in [2.24, 2.45) is 0 Å². The van der Waals surface area contributed by atoms with Crippen LogP contribution < -0.4 is 5.32 Å². The average Bonchev–Trinajstić information content (AvgIpc) is 2.47. The average molecular weight is 352 g/mol. The monoisotopic (exact) mass is 351 g/mol. The molecule has 2 aromatic carbocycles. The second kappa shape index (κ2) is 7.57. The Morgan fingerprint density at radius 2 is 2.05 bits per heavy atom. The van der Waals surface area contributed by atoms with E-state index in [0.29, 0.717) is 5.75 Å². The Morgan fingerprint density at radius 3 is 2.76 bits per heavy atom. The molecule has 2 rings (SSSR count). The first-order valence-electron chi connectivity index (χ1n) is 7.06. The molecule has 0 aromatic heterocycles. The minimum atomic E-state index is -0.204. The van der Waals surface area contributed by atoms with Crippen LogP contribution >= 0.6 is 15.9 Å². The Bertz CT molecular complexity index is 603. The molecule has 0 amide bonds. The summed E-state index contributed by atoms with van der Waals surface area (Å²) in [5.74, 6) is 0.0903. The van der Waals surface area contributed by atoms with Gasteiger partial charge in [0.25, 0.3) is 0 Å². The van der Waals surface area contributed by atoms with Crippen LogP contribution in [0.2, 0.25) is 0 Å². The minimum Gasteiger partial charge on any atom is -0.508 e. The highest BCUT2D eigenvalue weighted by molar-refractivity contribution is 9.10. The van der Waals surface area contributed by atoms with E-state index in [1.54, 1.807) is 18.2 Å². The molecule has 2 aromatic rings. The van der Waals surface area contributed by atoms with Gasteiger partial charge in [-0.15, -0.1) is 0 Å². The highest BCUT2D eigenvalue weighted by Crippen LogP contribution is 2.29. The van der Waals surface area contributed by atoms with Crippen LogP contribution in [0.4, 0.5) is 4.39 Å². The predicted octanol–water partition coefficient (Wildman–Crippen LogP) is 4.58. The van der Waals surface area contributed by atoms with E-state index < -0.39 is 0 Å². The Balaban J connectivity index is 1.98. The molecule has 0 aliphatic heterocycles. The Hall–Kier alpha value is -1.39. The van der Waals surface area contributed by atoms with Crippen LogP contribution in [0.5, 0.6) is 5.75 Å². The summed E-state index contributed by atoms with van der Waals surface area (Å²) in [7, 11) is 0. The molecule has 0 saturated heterocycles. The molecule has 0 saturated carbocycles. The van der Waals surface area contributed by atoms with E-state index >= 15 is 0 Å². The number of hydrogen-bond donors (Lipinski definition) is 2. The lowest BCUT2D eigenvalue weighted by atomic mass is 10.0. The summed E-state index contributed by atoms with van der Waals surface area (Å²) >= 11 is 3.43. The van der Waals surface area contributed by atoms with Crippen molar-refractivity contribution in [2.45, 2.75) is 25.8 Å². The summed E-state index contributed by atoms with van der Waals surface area (Å²) in [5.41, 5.74) is 1.85. The van der Waals surface area contributed by atoms with Gasteiger partial charge in [0.2, 0.25) is 0 Å². The van der Waals surface area contributed by atoms with Crippen LogP contribution in [0.25, 0.3) is 0 Å². The fourth-order valence-corrected chi connectivity index (χ4v) is 2.74. The SMILES string of the molecule is CCC(NCCc1cccc(F)c1)c1cc(Br)ccc1O. The molecular weight excluding hydrogens is 333 g/mol. The van der Waals surface area contributed by atoms with Gasteiger partial charge in [0, 0.05) is 16.1 Å². The van der Waals surface area contributed by atoms with Gasteiger partial charge in [-0.2, -0.15) is 0 Å². The van der Waals surface area contributed by atoms with Crippen LogP contribution in [0.15, 0.2) is 46.9 Å². The van der Waals surface area contributed by atoms with Gasteiger partial charge in [-0.3, -0.25) is 0 Å². The van der Waals surface area contributed by atoms with Gasteiger partial charge in [0.05, 0.1) is 0 Å². The maximum absolute atomic E-state index is 13.1.